The smallest absolute Gasteiger partial charge is 0.264 e. The van der Waals surface area contributed by atoms with Crippen molar-refractivity contribution in [3.8, 4) is 0 Å². The lowest BCUT2D eigenvalue weighted by Crippen LogP contribution is -2.51. The van der Waals surface area contributed by atoms with E-state index >= 15 is 0 Å². The third-order valence-corrected chi connectivity index (χ3v) is 8.37. The fraction of sp³-hybridized carbons (Fsp3) is 0.286. The topological polar surface area (TPSA) is 86.8 Å². The van der Waals surface area contributed by atoms with Gasteiger partial charge in [0.1, 0.15) is 12.6 Å². The first-order chi connectivity index (χ1) is 17.6. The van der Waals surface area contributed by atoms with E-state index in [0.29, 0.717) is 16.6 Å². The summed E-state index contributed by atoms with van der Waals surface area (Å²) in [6.45, 7) is 5.37. The number of likely N-dealkylation sites (N-methyl/N-ethyl adjacent to an activating group) is 1. The minimum absolute atomic E-state index is 0.0781. The molecule has 0 saturated heterocycles. The highest BCUT2D eigenvalue weighted by Gasteiger charge is 2.33. The van der Waals surface area contributed by atoms with E-state index in [1.807, 2.05) is 45.0 Å². The maximum atomic E-state index is 13.9. The molecule has 9 heteroatoms. The number of carbonyl (C=O) groups excluding carboxylic acids is 2. The van der Waals surface area contributed by atoms with Crippen LogP contribution in [0.15, 0.2) is 82.2 Å². The Morgan fingerprint density at radius 2 is 1.54 bits per heavy atom. The maximum absolute atomic E-state index is 13.9. The van der Waals surface area contributed by atoms with Crippen LogP contribution in [0.1, 0.15) is 30.0 Å². The highest BCUT2D eigenvalue weighted by molar-refractivity contribution is 9.10. The zero-order valence-corrected chi connectivity index (χ0v) is 23.8. The molecule has 0 aromatic heterocycles. The molecule has 3 aromatic rings. The first-order valence-corrected chi connectivity index (χ1v) is 14.2. The Bertz CT molecular complexity index is 1340. The third kappa shape index (κ3) is 6.99. The van der Waals surface area contributed by atoms with Crippen molar-refractivity contribution in [1.82, 2.24) is 10.2 Å². The van der Waals surface area contributed by atoms with Gasteiger partial charge in [-0.25, -0.2) is 8.42 Å². The first-order valence-electron chi connectivity index (χ1n) is 12.0. The summed E-state index contributed by atoms with van der Waals surface area (Å²) in [5.41, 5.74) is 3.18. The van der Waals surface area contributed by atoms with Crippen molar-refractivity contribution in [2.45, 2.75) is 44.7 Å². The van der Waals surface area contributed by atoms with Gasteiger partial charge in [0.15, 0.2) is 0 Å². The van der Waals surface area contributed by atoms with Crippen LogP contribution in [-0.4, -0.2) is 44.8 Å². The van der Waals surface area contributed by atoms with Crippen LogP contribution in [-0.2, 0) is 26.2 Å². The summed E-state index contributed by atoms with van der Waals surface area (Å²) >= 11 is 3.40. The van der Waals surface area contributed by atoms with E-state index in [0.717, 1.165) is 21.0 Å². The lowest BCUT2D eigenvalue weighted by Gasteiger charge is -2.33. The van der Waals surface area contributed by atoms with Crippen LogP contribution in [0.5, 0.6) is 0 Å². The number of hydrogen-bond acceptors (Lipinski definition) is 4. The Morgan fingerprint density at radius 1 is 0.946 bits per heavy atom. The van der Waals surface area contributed by atoms with Gasteiger partial charge in [0.2, 0.25) is 11.8 Å². The Labute approximate surface area is 227 Å². The van der Waals surface area contributed by atoms with Crippen LogP contribution in [0, 0.1) is 13.8 Å². The number of sulfonamides is 1. The van der Waals surface area contributed by atoms with Gasteiger partial charge in [-0.3, -0.25) is 13.9 Å². The van der Waals surface area contributed by atoms with E-state index in [-0.39, 0.29) is 17.3 Å². The number of benzene rings is 3. The summed E-state index contributed by atoms with van der Waals surface area (Å²) in [6, 6.07) is 20.2. The summed E-state index contributed by atoms with van der Waals surface area (Å²) in [4.78, 5) is 28.1. The average molecular weight is 587 g/mol. The monoisotopic (exact) mass is 585 g/mol. The molecule has 196 valence electrons. The minimum Gasteiger partial charge on any atom is -0.357 e. The summed E-state index contributed by atoms with van der Waals surface area (Å²) < 4.78 is 29.4. The van der Waals surface area contributed by atoms with Gasteiger partial charge in [0.05, 0.1) is 10.6 Å². The zero-order chi connectivity index (χ0) is 27.2. The molecule has 1 unspecified atom stereocenters. The van der Waals surface area contributed by atoms with Crippen molar-refractivity contribution in [2.24, 2.45) is 0 Å². The molecular formula is C28H32BrN3O4S. The van der Waals surface area contributed by atoms with Crippen molar-refractivity contribution in [3.63, 3.8) is 0 Å². The third-order valence-electron chi connectivity index (χ3n) is 6.09. The number of aryl methyl sites for hydroxylation is 2. The quantitative estimate of drug-likeness (QED) is 0.370. The number of halogens is 1. The van der Waals surface area contributed by atoms with Crippen LogP contribution in [0.3, 0.4) is 0 Å². The Hall–Kier alpha value is -3.17. The first kappa shape index (κ1) is 28.4. The molecule has 0 spiro atoms. The van der Waals surface area contributed by atoms with Gasteiger partial charge in [-0.05, 0) is 56.2 Å². The van der Waals surface area contributed by atoms with Crippen LogP contribution in [0.25, 0.3) is 0 Å². The van der Waals surface area contributed by atoms with Gasteiger partial charge in [-0.2, -0.15) is 0 Å². The second kappa shape index (κ2) is 12.4. The lowest BCUT2D eigenvalue weighted by atomic mass is 10.1. The molecule has 1 N–H and O–H groups in total. The molecule has 3 rings (SSSR count). The van der Waals surface area contributed by atoms with Crippen LogP contribution in [0.4, 0.5) is 5.69 Å². The highest BCUT2D eigenvalue weighted by atomic mass is 79.9. The number of hydrogen-bond donors (Lipinski definition) is 1. The van der Waals surface area contributed by atoms with E-state index in [2.05, 4.69) is 21.2 Å². The van der Waals surface area contributed by atoms with Crippen molar-refractivity contribution in [1.29, 1.82) is 0 Å². The van der Waals surface area contributed by atoms with Gasteiger partial charge >= 0.3 is 0 Å². The van der Waals surface area contributed by atoms with Crippen LogP contribution >= 0.6 is 15.9 Å². The number of anilines is 1. The fourth-order valence-corrected chi connectivity index (χ4v) is 5.77. The molecule has 0 aliphatic carbocycles. The van der Waals surface area contributed by atoms with Gasteiger partial charge in [-0.15, -0.1) is 0 Å². The van der Waals surface area contributed by atoms with Gasteiger partial charge in [0, 0.05) is 18.1 Å². The summed E-state index contributed by atoms with van der Waals surface area (Å²) in [7, 11) is -2.57. The molecular weight excluding hydrogens is 554 g/mol. The Morgan fingerprint density at radius 3 is 2.08 bits per heavy atom. The molecule has 0 fully saturated rings. The molecule has 0 aliphatic heterocycles. The summed E-state index contributed by atoms with van der Waals surface area (Å²) in [5, 5.41) is 2.63. The summed E-state index contributed by atoms with van der Waals surface area (Å²) in [6.07, 6.45) is 0.374. The minimum atomic E-state index is -4.09. The molecule has 7 nitrogen and oxygen atoms in total. The van der Waals surface area contributed by atoms with Gasteiger partial charge < -0.3 is 10.2 Å². The fourth-order valence-electron chi connectivity index (χ4n) is 3.97. The number of rotatable bonds is 10. The molecule has 0 saturated carbocycles. The SMILES string of the molecule is CCC(C(=O)NC)N(Cc1ccc(C)cc1)C(=O)CN(c1cccc(Br)c1)S(=O)(=O)c1ccc(C)cc1. The second-order valence-electron chi connectivity index (χ2n) is 8.85. The Kier molecular flexibility index (Phi) is 9.50. The summed E-state index contributed by atoms with van der Waals surface area (Å²) in [5.74, 6) is -0.787. The molecule has 37 heavy (non-hydrogen) atoms. The van der Waals surface area contributed by atoms with Crippen molar-refractivity contribution in [3.05, 3.63) is 94.0 Å². The van der Waals surface area contributed by atoms with E-state index < -0.39 is 28.5 Å². The van der Waals surface area contributed by atoms with Crippen molar-refractivity contribution in [2.75, 3.05) is 17.9 Å². The van der Waals surface area contributed by atoms with Crippen LogP contribution < -0.4 is 9.62 Å². The molecule has 0 radical (unpaired) electrons. The number of amides is 2. The normalized spacial score (nSPS) is 12.0. The van der Waals surface area contributed by atoms with Crippen molar-refractivity contribution >= 4 is 43.5 Å². The predicted octanol–water partition coefficient (Wildman–Crippen LogP) is 4.81. The number of nitrogens with one attached hydrogen (secondary N) is 1. The largest absolute Gasteiger partial charge is 0.357 e. The van der Waals surface area contributed by atoms with E-state index in [4.69, 9.17) is 0 Å². The number of nitrogens with zero attached hydrogens (tertiary/aromatic N) is 2. The number of carbonyl (C=O) groups is 2. The molecule has 1 atom stereocenters. The highest BCUT2D eigenvalue weighted by Crippen LogP contribution is 2.27. The van der Waals surface area contributed by atoms with E-state index in [9.17, 15) is 18.0 Å². The standard InChI is InChI=1S/C28H32BrN3O4S/c1-5-26(28(34)30-4)31(18-22-13-9-20(2)10-14-22)27(33)19-32(24-8-6-7-23(29)17-24)37(35,36)25-15-11-21(3)12-16-25/h6-17,26H,5,18-19H2,1-4H3,(H,30,34). The maximum Gasteiger partial charge on any atom is 0.264 e. The van der Waals surface area contributed by atoms with Gasteiger partial charge in [-0.1, -0.05) is 76.4 Å². The molecule has 3 aromatic carbocycles. The van der Waals surface area contributed by atoms with Crippen molar-refractivity contribution < 1.29 is 18.0 Å². The molecule has 0 heterocycles. The molecule has 2 amide bonds. The zero-order valence-electron chi connectivity index (χ0n) is 21.4. The van der Waals surface area contributed by atoms with Gasteiger partial charge in [0.25, 0.3) is 10.0 Å². The second-order valence-corrected chi connectivity index (χ2v) is 11.6. The molecule has 0 aliphatic rings. The molecule has 0 bridgehead atoms. The lowest BCUT2D eigenvalue weighted by molar-refractivity contribution is -0.140. The Balaban J connectivity index is 2.05. The van der Waals surface area contributed by atoms with E-state index in [1.54, 1.807) is 36.4 Å². The van der Waals surface area contributed by atoms with E-state index in [1.165, 1.54) is 24.1 Å². The predicted molar refractivity (Wildman–Crippen MR) is 150 cm³/mol. The van der Waals surface area contributed by atoms with Crippen LogP contribution in [0.2, 0.25) is 0 Å². The average Bonchev–Trinajstić information content (AvgIpc) is 2.88.